The number of imidazole rings is 1. The average molecular weight is 487 g/mol. The van der Waals surface area contributed by atoms with Gasteiger partial charge in [0.05, 0.1) is 0 Å². The quantitative estimate of drug-likeness (QED) is 0.564. The van der Waals surface area contributed by atoms with Gasteiger partial charge in [-0.3, -0.25) is 0 Å². The first kappa shape index (κ1) is 14.6. The molecule has 0 aliphatic rings. The predicted octanol–water partition coefficient (Wildman–Crippen LogP) is 4.92. The van der Waals surface area contributed by atoms with Gasteiger partial charge >= 0.3 is 0 Å². The molecule has 0 saturated heterocycles. The maximum atomic E-state index is 5.91. The Kier molecular flexibility index (Phi) is 4.93. The van der Waals surface area contributed by atoms with Crippen LogP contribution in [0.4, 0.5) is 0 Å². The molecule has 0 N–H and O–H groups in total. The molecule has 5 heteroatoms. The lowest BCUT2D eigenvalue weighted by molar-refractivity contribution is 0.660. The van der Waals surface area contributed by atoms with E-state index in [1.807, 2.05) is 12.1 Å². The Balaban J connectivity index is 2.36. The summed E-state index contributed by atoms with van der Waals surface area (Å²) >= 11 is 10.6. The Bertz CT molecular complexity index is 547. The molecular formula is C13H13ClI2N2. The van der Waals surface area contributed by atoms with Crippen molar-refractivity contribution in [3.63, 3.8) is 0 Å². The number of benzene rings is 1. The van der Waals surface area contributed by atoms with Crippen LogP contribution in [-0.2, 0) is 6.54 Å². The number of hydrogen-bond donors (Lipinski definition) is 0. The van der Waals surface area contributed by atoms with Crippen molar-refractivity contribution < 1.29 is 0 Å². The Labute approximate surface area is 139 Å². The van der Waals surface area contributed by atoms with Crippen molar-refractivity contribution in [3.05, 3.63) is 48.1 Å². The van der Waals surface area contributed by atoms with Crippen LogP contribution in [0.1, 0.15) is 31.2 Å². The van der Waals surface area contributed by atoms with E-state index in [4.69, 9.17) is 11.6 Å². The van der Waals surface area contributed by atoms with Crippen LogP contribution >= 0.6 is 56.8 Å². The molecule has 0 atom stereocenters. The molecule has 1 aromatic heterocycles. The molecule has 0 bridgehead atoms. The van der Waals surface area contributed by atoms with Crippen LogP contribution in [0, 0.1) is 7.40 Å². The van der Waals surface area contributed by atoms with Crippen LogP contribution in [0.2, 0.25) is 5.02 Å². The van der Waals surface area contributed by atoms with Crippen molar-refractivity contribution in [1.29, 1.82) is 0 Å². The first-order valence-corrected chi connectivity index (χ1v) is 8.18. The topological polar surface area (TPSA) is 17.8 Å². The van der Waals surface area contributed by atoms with E-state index in [1.54, 1.807) is 0 Å². The van der Waals surface area contributed by atoms with Gasteiger partial charge in [0.2, 0.25) is 0 Å². The molecule has 0 saturated carbocycles. The minimum absolute atomic E-state index is 0.425. The number of halogens is 3. The van der Waals surface area contributed by atoms with Crippen molar-refractivity contribution in [2.24, 2.45) is 0 Å². The lowest BCUT2D eigenvalue weighted by Gasteiger charge is -2.11. The van der Waals surface area contributed by atoms with Gasteiger partial charge in [-0.25, -0.2) is 4.98 Å². The van der Waals surface area contributed by atoms with E-state index in [-0.39, 0.29) is 0 Å². The summed E-state index contributed by atoms with van der Waals surface area (Å²) in [5.41, 5.74) is 1.24. The first-order chi connectivity index (χ1) is 8.49. The Morgan fingerprint density at radius 2 is 1.83 bits per heavy atom. The van der Waals surface area contributed by atoms with Crippen LogP contribution in [0.3, 0.4) is 0 Å². The zero-order chi connectivity index (χ0) is 13.3. The van der Waals surface area contributed by atoms with E-state index in [9.17, 15) is 0 Å². The first-order valence-electron chi connectivity index (χ1n) is 5.65. The number of nitrogens with zero attached hydrogens (tertiary/aromatic N) is 2. The highest BCUT2D eigenvalue weighted by atomic mass is 127. The molecule has 0 spiro atoms. The SMILES string of the molecule is CC(C)c1nc(I)c(I)n1Cc1ccc(Cl)cc1. The standard InChI is InChI=1S/C13H13ClI2N2/c1-8(2)13-17-11(15)12(16)18(13)7-9-3-5-10(14)6-4-9/h3-6,8H,7H2,1-2H3. The average Bonchev–Trinajstić information content (AvgIpc) is 2.60. The van der Waals surface area contributed by atoms with Gasteiger partial charge in [0.25, 0.3) is 0 Å². The fourth-order valence-corrected chi connectivity index (χ4v) is 2.99. The second kappa shape index (κ2) is 6.09. The van der Waals surface area contributed by atoms with E-state index in [2.05, 4.69) is 80.7 Å². The minimum Gasteiger partial charge on any atom is -0.318 e. The van der Waals surface area contributed by atoms with Gasteiger partial charge in [-0.1, -0.05) is 37.6 Å². The lowest BCUT2D eigenvalue weighted by Crippen LogP contribution is -2.08. The number of rotatable bonds is 3. The van der Waals surface area contributed by atoms with Gasteiger partial charge in [-0.2, -0.15) is 0 Å². The molecule has 0 aliphatic heterocycles. The second-order valence-electron chi connectivity index (χ2n) is 4.42. The minimum atomic E-state index is 0.425. The molecule has 0 aliphatic carbocycles. The largest absolute Gasteiger partial charge is 0.318 e. The third-order valence-electron chi connectivity index (χ3n) is 2.67. The number of hydrogen-bond acceptors (Lipinski definition) is 1. The van der Waals surface area contributed by atoms with E-state index in [0.717, 1.165) is 21.1 Å². The monoisotopic (exact) mass is 486 g/mol. The van der Waals surface area contributed by atoms with Crippen LogP contribution in [0.15, 0.2) is 24.3 Å². The van der Waals surface area contributed by atoms with Crippen LogP contribution < -0.4 is 0 Å². The lowest BCUT2D eigenvalue weighted by atomic mass is 10.2. The highest BCUT2D eigenvalue weighted by Gasteiger charge is 2.15. The molecule has 1 aromatic carbocycles. The zero-order valence-electron chi connectivity index (χ0n) is 10.1. The summed E-state index contributed by atoms with van der Waals surface area (Å²) in [4.78, 5) is 4.64. The van der Waals surface area contributed by atoms with E-state index >= 15 is 0 Å². The Hall–Kier alpha value is 0.180. The molecule has 2 rings (SSSR count). The maximum absolute atomic E-state index is 5.91. The Morgan fingerprint density at radius 3 is 2.39 bits per heavy atom. The molecule has 18 heavy (non-hydrogen) atoms. The van der Waals surface area contributed by atoms with Crippen molar-refractivity contribution in [2.75, 3.05) is 0 Å². The molecule has 0 amide bonds. The summed E-state index contributed by atoms with van der Waals surface area (Å²) in [6.07, 6.45) is 0. The fraction of sp³-hybridized carbons (Fsp3) is 0.308. The molecule has 1 heterocycles. The van der Waals surface area contributed by atoms with Gasteiger partial charge in [0, 0.05) is 17.5 Å². The maximum Gasteiger partial charge on any atom is 0.133 e. The van der Waals surface area contributed by atoms with Crippen LogP contribution in [0.25, 0.3) is 0 Å². The summed E-state index contributed by atoms with van der Waals surface area (Å²) in [6, 6.07) is 7.99. The zero-order valence-corrected chi connectivity index (χ0v) is 15.2. The van der Waals surface area contributed by atoms with Crippen molar-refractivity contribution in [3.8, 4) is 0 Å². The predicted molar refractivity (Wildman–Crippen MR) is 92.3 cm³/mol. The normalized spacial score (nSPS) is 11.2. The van der Waals surface area contributed by atoms with Crippen molar-refractivity contribution in [2.45, 2.75) is 26.3 Å². The molecule has 2 aromatic rings. The molecule has 2 nitrogen and oxygen atoms in total. The molecule has 96 valence electrons. The smallest absolute Gasteiger partial charge is 0.133 e. The van der Waals surface area contributed by atoms with Crippen molar-refractivity contribution >= 4 is 56.8 Å². The summed E-state index contributed by atoms with van der Waals surface area (Å²) in [6.45, 7) is 5.19. The molecule has 0 unspecified atom stereocenters. The third kappa shape index (κ3) is 3.19. The van der Waals surface area contributed by atoms with Gasteiger partial charge in [-0.05, 0) is 62.9 Å². The van der Waals surface area contributed by atoms with Crippen LogP contribution in [-0.4, -0.2) is 9.55 Å². The second-order valence-corrected chi connectivity index (χ2v) is 6.90. The molecule has 0 fully saturated rings. The number of aromatic nitrogens is 2. The van der Waals surface area contributed by atoms with Crippen LogP contribution in [0.5, 0.6) is 0 Å². The third-order valence-corrected chi connectivity index (χ3v) is 5.80. The summed E-state index contributed by atoms with van der Waals surface area (Å²) in [5.74, 6) is 1.56. The summed E-state index contributed by atoms with van der Waals surface area (Å²) in [5, 5.41) is 0.776. The van der Waals surface area contributed by atoms with Gasteiger partial charge in [-0.15, -0.1) is 0 Å². The van der Waals surface area contributed by atoms with E-state index < -0.39 is 0 Å². The van der Waals surface area contributed by atoms with Gasteiger partial charge in [0.1, 0.15) is 13.2 Å². The fourth-order valence-electron chi connectivity index (χ4n) is 1.78. The van der Waals surface area contributed by atoms with E-state index in [1.165, 1.54) is 9.26 Å². The summed E-state index contributed by atoms with van der Waals surface area (Å²) in [7, 11) is 0. The Morgan fingerprint density at radius 1 is 1.22 bits per heavy atom. The highest BCUT2D eigenvalue weighted by Crippen LogP contribution is 2.23. The van der Waals surface area contributed by atoms with E-state index in [0.29, 0.717) is 5.92 Å². The van der Waals surface area contributed by atoms with Gasteiger partial charge in [0.15, 0.2) is 0 Å². The molecule has 0 radical (unpaired) electrons. The van der Waals surface area contributed by atoms with Gasteiger partial charge < -0.3 is 4.57 Å². The molecular weight excluding hydrogens is 473 g/mol. The summed E-state index contributed by atoms with van der Waals surface area (Å²) < 4.78 is 4.55. The highest BCUT2D eigenvalue weighted by molar-refractivity contribution is 14.1. The van der Waals surface area contributed by atoms with Crippen molar-refractivity contribution in [1.82, 2.24) is 9.55 Å².